The number of cyclic esters (lactones) is 1. The molecule has 3 aromatic rings. The Morgan fingerprint density at radius 3 is 2.76 bits per heavy atom. The third kappa shape index (κ3) is 3.07. The van der Waals surface area contributed by atoms with E-state index in [1.165, 1.54) is 0 Å². The number of fused-ring (bicyclic) bond motifs is 5. The zero-order valence-electron chi connectivity index (χ0n) is 18.6. The fourth-order valence-electron chi connectivity index (χ4n) is 4.61. The Labute approximate surface area is 189 Å². The van der Waals surface area contributed by atoms with E-state index in [9.17, 15) is 24.9 Å². The van der Waals surface area contributed by atoms with Crippen LogP contribution in [0.3, 0.4) is 0 Å². The van der Waals surface area contributed by atoms with Gasteiger partial charge >= 0.3 is 5.97 Å². The molecule has 4 heterocycles. The second kappa shape index (κ2) is 7.38. The molecule has 9 heteroatoms. The molecule has 33 heavy (non-hydrogen) atoms. The number of aliphatic hydroxyl groups excluding tert-OH is 1. The van der Waals surface area contributed by atoms with Crippen molar-refractivity contribution < 1.29 is 24.9 Å². The summed E-state index contributed by atoms with van der Waals surface area (Å²) in [6, 6.07) is 7.03. The van der Waals surface area contributed by atoms with Gasteiger partial charge in [-0.15, -0.1) is 0 Å². The number of benzene rings is 1. The van der Waals surface area contributed by atoms with Crippen molar-refractivity contribution in [3.05, 3.63) is 56.9 Å². The zero-order chi connectivity index (χ0) is 23.7. The summed E-state index contributed by atoms with van der Waals surface area (Å²) in [5, 5.41) is 32.1. The van der Waals surface area contributed by atoms with E-state index >= 15 is 0 Å². The molecule has 0 saturated heterocycles. The minimum absolute atomic E-state index is 0.0806. The molecule has 0 bridgehead atoms. The SMILES string of the molecule is CC[C@@]1(O)C(=O)OCc2c1cc1n(c2=O)Cc2cc3c(O)c(CN(C)C(C)O)ccc3nc2-1. The first kappa shape index (κ1) is 21.6. The van der Waals surface area contributed by atoms with Crippen molar-refractivity contribution in [2.24, 2.45) is 0 Å². The highest BCUT2D eigenvalue weighted by molar-refractivity contribution is 5.90. The van der Waals surface area contributed by atoms with Gasteiger partial charge in [-0.1, -0.05) is 13.0 Å². The van der Waals surface area contributed by atoms with E-state index in [-0.39, 0.29) is 42.0 Å². The molecule has 2 aliphatic rings. The van der Waals surface area contributed by atoms with Gasteiger partial charge < -0.3 is 24.6 Å². The van der Waals surface area contributed by atoms with Gasteiger partial charge in [0.05, 0.1) is 29.0 Å². The Hall–Kier alpha value is -3.27. The second-order valence-corrected chi connectivity index (χ2v) is 8.79. The van der Waals surface area contributed by atoms with Crippen LogP contribution in [0.1, 0.15) is 42.5 Å². The Morgan fingerprint density at radius 1 is 1.30 bits per heavy atom. The van der Waals surface area contributed by atoms with Crippen LogP contribution in [-0.2, 0) is 34.8 Å². The number of phenols is 1. The Bertz CT molecular complexity index is 1380. The lowest BCUT2D eigenvalue weighted by atomic mass is 9.86. The van der Waals surface area contributed by atoms with Gasteiger partial charge in [0, 0.05) is 28.6 Å². The van der Waals surface area contributed by atoms with Gasteiger partial charge in [-0.25, -0.2) is 9.78 Å². The third-order valence-electron chi connectivity index (χ3n) is 6.80. The summed E-state index contributed by atoms with van der Waals surface area (Å²) in [7, 11) is 1.76. The van der Waals surface area contributed by atoms with E-state index in [0.29, 0.717) is 34.4 Å². The van der Waals surface area contributed by atoms with Crippen LogP contribution in [0.5, 0.6) is 5.75 Å². The van der Waals surface area contributed by atoms with Crippen molar-refractivity contribution in [2.75, 3.05) is 7.05 Å². The summed E-state index contributed by atoms with van der Waals surface area (Å²) in [5.41, 5.74) is 1.40. The van der Waals surface area contributed by atoms with E-state index in [4.69, 9.17) is 9.72 Å². The Morgan fingerprint density at radius 2 is 2.06 bits per heavy atom. The van der Waals surface area contributed by atoms with E-state index < -0.39 is 17.8 Å². The number of aromatic nitrogens is 2. The molecule has 0 fully saturated rings. The molecule has 5 rings (SSSR count). The van der Waals surface area contributed by atoms with Crippen LogP contribution in [0.2, 0.25) is 0 Å². The largest absolute Gasteiger partial charge is 0.507 e. The van der Waals surface area contributed by atoms with Crippen molar-refractivity contribution in [3.8, 4) is 17.1 Å². The molecule has 1 unspecified atom stereocenters. The van der Waals surface area contributed by atoms with Crippen LogP contribution in [-0.4, -0.2) is 49.0 Å². The van der Waals surface area contributed by atoms with Crippen LogP contribution in [0, 0.1) is 0 Å². The van der Waals surface area contributed by atoms with Gasteiger partial charge in [-0.05, 0) is 38.6 Å². The van der Waals surface area contributed by atoms with Gasteiger partial charge in [-0.2, -0.15) is 0 Å². The van der Waals surface area contributed by atoms with Gasteiger partial charge in [0.2, 0.25) is 0 Å². The molecule has 3 N–H and O–H groups in total. The first-order valence-electron chi connectivity index (χ1n) is 10.9. The Balaban J connectivity index is 1.66. The summed E-state index contributed by atoms with van der Waals surface area (Å²) < 4.78 is 6.66. The maximum Gasteiger partial charge on any atom is 0.343 e. The lowest BCUT2D eigenvalue weighted by Crippen LogP contribution is -2.44. The van der Waals surface area contributed by atoms with Crippen LogP contribution < -0.4 is 5.56 Å². The summed E-state index contributed by atoms with van der Waals surface area (Å²) in [6.45, 7) is 3.75. The number of aliphatic hydroxyl groups is 2. The van der Waals surface area contributed by atoms with Crippen molar-refractivity contribution in [1.82, 2.24) is 14.5 Å². The Kier molecular flexibility index (Phi) is 4.82. The van der Waals surface area contributed by atoms with Crippen molar-refractivity contribution in [2.45, 2.75) is 51.8 Å². The molecule has 0 aliphatic carbocycles. The summed E-state index contributed by atoms with van der Waals surface area (Å²) >= 11 is 0. The summed E-state index contributed by atoms with van der Waals surface area (Å²) in [6.07, 6.45) is -0.583. The number of hydrogen-bond acceptors (Lipinski definition) is 8. The highest BCUT2D eigenvalue weighted by atomic mass is 16.6. The highest BCUT2D eigenvalue weighted by Gasteiger charge is 2.45. The average molecular weight is 451 g/mol. The van der Waals surface area contributed by atoms with E-state index in [0.717, 1.165) is 5.56 Å². The van der Waals surface area contributed by atoms with Crippen LogP contribution in [0.25, 0.3) is 22.3 Å². The molecule has 2 aliphatic heterocycles. The van der Waals surface area contributed by atoms with E-state index in [2.05, 4.69) is 0 Å². The minimum atomic E-state index is -1.87. The minimum Gasteiger partial charge on any atom is -0.507 e. The number of rotatable bonds is 4. The standard InChI is InChI=1S/C24H25N3O6/c1-4-24(32)17-8-19-20-14(10-27(19)22(30)16(17)11-33-23(24)31)7-15-18(25-20)6-5-13(21(15)29)9-26(3)12(2)28/h5-8,12,28-29,32H,4,9-11H2,1-3H3/t12?,24-/m0/s1. The third-order valence-corrected chi connectivity index (χ3v) is 6.80. The average Bonchev–Trinajstić information content (AvgIpc) is 3.15. The van der Waals surface area contributed by atoms with E-state index in [1.807, 2.05) is 6.07 Å². The predicted molar refractivity (Wildman–Crippen MR) is 119 cm³/mol. The first-order chi connectivity index (χ1) is 15.7. The maximum absolute atomic E-state index is 13.2. The fraction of sp³-hybridized carbons (Fsp3) is 0.375. The van der Waals surface area contributed by atoms with Gasteiger partial charge in [0.25, 0.3) is 5.56 Å². The van der Waals surface area contributed by atoms with Crippen LogP contribution in [0.15, 0.2) is 29.1 Å². The number of hydrogen-bond donors (Lipinski definition) is 3. The molecule has 0 spiro atoms. The van der Waals surface area contributed by atoms with Gasteiger partial charge in [0.1, 0.15) is 18.6 Å². The maximum atomic E-state index is 13.2. The lowest BCUT2D eigenvalue weighted by molar-refractivity contribution is -0.172. The quantitative estimate of drug-likeness (QED) is 0.315. The monoisotopic (exact) mass is 451 g/mol. The number of ether oxygens (including phenoxy) is 1. The van der Waals surface area contributed by atoms with Crippen molar-refractivity contribution in [3.63, 3.8) is 0 Å². The zero-order valence-corrected chi connectivity index (χ0v) is 18.6. The highest BCUT2D eigenvalue weighted by Crippen LogP contribution is 2.40. The van der Waals surface area contributed by atoms with Crippen molar-refractivity contribution >= 4 is 16.9 Å². The molecule has 1 aromatic carbocycles. The number of carbonyl (C=O) groups excluding carboxylic acids is 1. The number of aromatic hydroxyl groups is 1. The predicted octanol–water partition coefficient (Wildman–Crippen LogP) is 1.56. The smallest absolute Gasteiger partial charge is 0.343 e. The molecule has 2 atom stereocenters. The van der Waals surface area contributed by atoms with Gasteiger partial charge in [-0.3, -0.25) is 9.69 Å². The normalized spacial score (nSPS) is 19.9. The van der Waals surface area contributed by atoms with Gasteiger partial charge in [0.15, 0.2) is 5.60 Å². The first-order valence-corrected chi connectivity index (χ1v) is 10.9. The lowest BCUT2D eigenvalue weighted by Gasteiger charge is -2.31. The molecule has 0 saturated carbocycles. The number of nitrogens with zero attached hydrogens (tertiary/aromatic N) is 3. The number of carbonyl (C=O) groups is 1. The van der Waals surface area contributed by atoms with Crippen LogP contribution >= 0.6 is 0 Å². The number of pyridine rings is 2. The molecule has 9 nitrogen and oxygen atoms in total. The molecular weight excluding hydrogens is 426 g/mol. The molecule has 0 radical (unpaired) electrons. The molecule has 0 amide bonds. The fourth-order valence-corrected chi connectivity index (χ4v) is 4.61. The molecular formula is C24H25N3O6. The van der Waals surface area contributed by atoms with Crippen LogP contribution in [0.4, 0.5) is 0 Å². The second-order valence-electron chi connectivity index (χ2n) is 8.79. The number of esters is 1. The topological polar surface area (TPSA) is 125 Å². The van der Waals surface area contributed by atoms with E-state index in [1.54, 1.807) is 48.6 Å². The number of phenolic OH excluding ortho intramolecular Hbond substituents is 1. The van der Waals surface area contributed by atoms with Crippen molar-refractivity contribution in [1.29, 1.82) is 0 Å². The summed E-state index contributed by atoms with van der Waals surface area (Å²) in [4.78, 5) is 31.9. The molecule has 172 valence electrons. The molecule has 2 aromatic heterocycles. The summed E-state index contributed by atoms with van der Waals surface area (Å²) in [5.74, 6) is -0.677.